The maximum atomic E-state index is 13.2. The zero-order chi connectivity index (χ0) is 26.7. The second kappa shape index (κ2) is 11.4. The molecule has 1 aliphatic carbocycles. The lowest BCUT2D eigenvalue weighted by Crippen LogP contribution is -2.49. The third-order valence-electron chi connectivity index (χ3n) is 7.19. The average molecular weight is 543 g/mol. The lowest BCUT2D eigenvalue weighted by atomic mass is 10.1. The molecule has 3 fully saturated rings. The van der Waals surface area contributed by atoms with Crippen LogP contribution < -0.4 is 5.32 Å². The summed E-state index contributed by atoms with van der Waals surface area (Å²) in [6.45, 7) is 6.81. The van der Waals surface area contributed by atoms with Gasteiger partial charge in [0.15, 0.2) is 27.5 Å². The summed E-state index contributed by atoms with van der Waals surface area (Å²) >= 11 is 0. The number of carbonyl (C=O) groups is 1. The summed E-state index contributed by atoms with van der Waals surface area (Å²) in [5.41, 5.74) is 1.28. The molecule has 12 heteroatoms. The highest BCUT2D eigenvalue weighted by molar-refractivity contribution is 7.92. The number of hydrogen-bond acceptors (Lipinski definition) is 10. The molecule has 3 aliphatic rings. The fourth-order valence-electron chi connectivity index (χ4n) is 4.49. The Hall–Kier alpha value is -2.93. The molecule has 3 heterocycles. The summed E-state index contributed by atoms with van der Waals surface area (Å²) in [5, 5.41) is 6.57. The van der Waals surface area contributed by atoms with Crippen molar-refractivity contribution in [2.75, 3.05) is 45.2 Å². The molecular formula is C26H34N6O5S. The number of aromatic nitrogens is 2. The van der Waals surface area contributed by atoms with Crippen LogP contribution in [0, 0.1) is 0 Å². The van der Waals surface area contributed by atoms with E-state index in [9.17, 15) is 13.2 Å². The van der Waals surface area contributed by atoms with Crippen molar-refractivity contribution in [3.05, 3.63) is 47.9 Å². The van der Waals surface area contributed by atoms with Gasteiger partial charge in [-0.15, -0.1) is 0 Å². The van der Waals surface area contributed by atoms with Gasteiger partial charge in [0.05, 0.1) is 41.4 Å². The second-order valence-electron chi connectivity index (χ2n) is 10.2. The fourth-order valence-corrected chi connectivity index (χ4v) is 6.15. The minimum atomic E-state index is -3.34. The molecule has 0 radical (unpaired) electrons. The lowest BCUT2D eigenvalue weighted by Gasteiger charge is -2.37. The van der Waals surface area contributed by atoms with E-state index in [4.69, 9.17) is 9.57 Å². The maximum absolute atomic E-state index is 13.2. The molecule has 1 N–H and O–H groups in total. The van der Waals surface area contributed by atoms with E-state index in [0.717, 1.165) is 25.3 Å². The van der Waals surface area contributed by atoms with Crippen LogP contribution in [0.1, 0.15) is 37.4 Å². The summed E-state index contributed by atoms with van der Waals surface area (Å²) in [4.78, 5) is 32.6. The van der Waals surface area contributed by atoms with Gasteiger partial charge in [-0.1, -0.05) is 17.3 Å². The van der Waals surface area contributed by atoms with E-state index in [1.807, 2.05) is 0 Å². The van der Waals surface area contributed by atoms with Crippen LogP contribution in [-0.4, -0.2) is 97.1 Å². The number of amides is 1. The molecular weight excluding hydrogens is 508 g/mol. The van der Waals surface area contributed by atoms with E-state index in [1.165, 1.54) is 18.3 Å². The van der Waals surface area contributed by atoms with E-state index in [2.05, 4.69) is 44.2 Å². The summed E-state index contributed by atoms with van der Waals surface area (Å²) in [6.07, 6.45) is 5.00. The van der Waals surface area contributed by atoms with Gasteiger partial charge in [0.2, 0.25) is 0 Å². The zero-order valence-corrected chi connectivity index (χ0v) is 22.6. The Labute approximate surface area is 223 Å². The van der Waals surface area contributed by atoms with Gasteiger partial charge in [-0.3, -0.25) is 14.7 Å². The molecule has 38 heavy (non-hydrogen) atoms. The van der Waals surface area contributed by atoms with Crippen LogP contribution in [0.15, 0.2) is 46.7 Å². The monoisotopic (exact) mass is 542 g/mol. The van der Waals surface area contributed by atoms with Crippen molar-refractivity contribution in [1.82, 2.24) is 19.8 Å². The van der Waals surface area contributed by atoms with Gasteiger partial charge in [0, 0.05) is 44.2 Å². The van der Waals surface area contributed by atoms with Gasteiger partial charge >= 0.3 is 0 Å². The largest absolute Gasteiger partial charge is 0.389 e. The van der Waals surface area contributed by atoms with Gasteiger partial charge in [0.25, 0.3) is 5.91 Å². The Balaban J connectivity index is 1.28. The predicted octanol–water partition coefficient (Wildman–Crippen LogP) is 1.70. The number of oxime groups is 1. The molecule has 0 spiro atoms. The molecule has 1 aromatic carbocycles. The van der Waals surface area contributed by atoms with E-state index in [0.29, 0.717) is 50.6 Å². The molecule has 0 bridgehead atoms. The standard InChI is InChI=1S/C26H34N6O5S/c1-18-15-32(11-10-31(18)2)16-20-13-28-24(14-27-20)29-26(33)25(30-37-21-9-12-36-17-21)19-3-5-22(6-4-19)38(34,35)23-7-8-23/h3-6,13-14,18,21,23H,7-12,15-17H2,1-2H3,(H,28,29,33)/t18-,21+/m0/s1. The van der Waals surface area contributed by atoms with Gasteiger partial charge in [0.1, 0.15) is 0 Å². The van der Waals surface area contributed by atoms with Gasteiger partial charge in [-0.2, -0.15) is 0 Å². The molecule has 1 amide bonds. The Kier molecular flexibility index (Phi) is 8.03. The number of nitrogens with zero attached hydrogens (tertiary/aromatic N) is 5. The third kappa shape index (κ3) is 6.37. The number of nitrogens with one attached hydrogen (secondary N) is 1. The molecule has 2 aromatic rings. The smallest absolute Gasteiger partial charge is 0.279 e. The number of rotatable bonds is 9. The fraction of sp³-hybridized carbons (Fsp3) is 0.538. The first kappa shape index (κ1) is 26.7. The highest BCUT2D eigenvalue weighted by atomic mass is 32.2. The molecule has 5 rings (SSSR count). The third-order valence-corrected chi connectivity index (χ3v) is 9.47. The van der Waals surface area contributed by atoms with Crippen LogP contribution in [0.4, 0.5) is 5.82 Å². The van der Waals surface area contributed by atoms with Crippen LogP contribution in [0.25, 0.3) is 0 Å². The van der Waals surface area contributed by atoms with Gasteiger partial charge in [-0.05, 0) is 38.9 Å². The van der Waals surface area contributed by atoms with Crippen molar-refractivity contribution in [2.45, 2.75) is 55.0 Å². The molecule has 2 aliphatic heterocycles. The van der Waals surface area contributed by atoms with E-state index in [-0.39, 0.29) is 27.8 Å². The van der Waals surface area contributed by atoms with Crippen molar-refractivity contribution in [2.24, 2.45) is 5.16 Å². The van der Waals surface area contributed by atoms with Crippen LogP contribution in [-0.2, 0) is 30.8 Å². The minimum Gasteiger partial charge on any atom is -0.389 e. The highest BCUT2D eigenvalue weighted by Crippen LogP contribution is 2.33. The minimum absolute atomic E-state index is 0.0181. The molecule has 2 saturated heterocycles. The highest BCUT2D eigenvalue weighted by Gasteiger charge is 2.37. The molecule has 2 atom stereocenters. The van der Waals surface area contributed by atoms with Gasteiger partial charge < -0.3 is 19.8 Å². The Morgan fingerprint density at radius 3 is 2.58 bits per heavy atom. The van der Waals surface area contributed by atoms with Crippen molar-refractivity contribution < 1.29 is 22.8 Å². The van der Waals surface area contributed by atoms with E-state index in [1.54, 1.807) is 18.3 Å². The first-order valence-corrected chi connectivity index (χ1v) is 14.5. The summed E-state index contributed by atoms with van der Waals surface area (Å²) in [5.74, 6) is -0.244. The Morgan fingerprint density at radius 1 is 1.16 bits per heavy atom. The normalized spacial score (nSPS) is 23.4. The van der Waals surface area contributed by atoms with Gasteiger partial charge in [-0.25, -0.2) is 13.4 Å². The van der Waals surface area contributed by atoms with Crippen LogP contribution in [0.2, 0.25) is 0 Å². The number of hydrogen-bond donors (Lipinski definition) is 1. The number of sulfone groups is 1. The Bertz CT molecular complexity index is 1260. The van der Waals surface area contributed by atoms with Crippen LogP contribution in [0.3, 0.4) is 0 Å². The maximum Gasteiger partial charge on any atom is 0.279 e. The first-order chi connectivity index (χ1) is 18.3. The average Bonchev–Trinajstić information content (AvgIpc) is 3.65. The number of likely N-dealkylation sites (N-methyl/N-ethyl adjacent to an activating group) is 1. The summed E-state index contributed by atoms with van der Waals surface area (Å²) < 4.78 is 30.5. The summed E-state index contributed by atoms with van der Waals surface area (Å²) in [6, 6.07) is 6.66. The number of anilines is 1. The lowest BCUT2D eigenvalue weighted by molar-refractivity contribution is -0.110. The van der Waals surface area contributed by atoms with Crippen LogP contribution in [0.5, 0.6) is 0 Å². The zero-order valence-electron chi connectivity index (χ0n) is 21.7. The molecule has 1 saturated carbocycles. The second-order valence-corrected chi connectivity index (χ2v) is 12.4. The topological polar surface area (TPSA) is 126 Å². The van der Waals surface area contributed by atoms with E-state index >= 15 is 0 Å². The van der Waals surface area contributed by atoms with Crippen molar-refractivity contribution in [3.8, 4) is 0 Å². The number of benzene rings is 1. The molecule has 0 unspecified atom stereocenters. The quantitative estimate of drug-likeness (QED) is 0.372. The first-order valence-electron chi connectivity index (χ1n) is 13.0. The number of carbonyl (C=O) groups excluding carboxylic acids is 1. The van der Waals surface area contributed by atoms with Crippen molar-refractivity contribution in [3.63, 3.8) is 0 Å². The Morgan fingerprint density at radius 2 is 1.95 bits per heavy atom. The molecule has 11 nitrogen and oxygen atoms in total. The van der Waals surface area contributed by atoms with Crippen molar-refractivity contribution >= 4 is 27.3 Å². The molecule has 1 aromatic heterocycles. The predicted molar refractivity (Wildman–Crippen MR) is 142 cm³/mol. The number of piperazine rings is 1. The summed E-state index contributed by atoms with van der Waals surface area (Å²) in [7, 11) is -1.20. The molecule has 204 valence electrons. The van der Waals surface area contributed by atoms with E-state index < -0.39 is 15.7 Å². The number of ether oxygens (including phenoxy) is 1. The van der Waals surface area contributed by atoms with Crippen molar-refractivity contribution in [1.29, 1.82) is 0 Å². The SMILES string of the molecule is C[C@H]1CN(Cc2cnc(NC(=O)C(=NO[C@@H]3CCOC3)c3ccc(S(=O)(=O)C4CC4)cc3)cn2)CCN1C. The van der Waals surface area contributed by atoms with Crippen LogP contribution >= 0.6 is 0 Å².